The first-order valence-electron chi connectivity index (χ1n) is 3.76. The number of thiophene rings is 1. The molecule has 1 aromatic heterocycles. The van der Waals surface area contributed by atoms with Crippen molar-refractivity contribution in [3.8, 4) is 5.75 Å². The first-order chi connectivity index (χ1) is 6.24. The van der Waals surface area contributed by atoms with Crippen LogP contribution in [0.3, 0.4) is 0 Å². The summed E-state index contributed by atoms with van der Waals surface area (Å²) in [6.07, 6.45) is 0. The van der Waals surface area contributed by atoms with Crippen molar-refractivity contribution in [1.82, 2.24) is 0 Å². The number of ether oxygens (including phenoxy) is 1. The molecule has 0 atom stereocenters. The third-order valence-electron chi connectivity index (χ3n) is 1.93. The number of hydrogen-bond acceptors (Lipinski definition) is 4. The monoisotopic (exact) mass is 211 g/mol. The number of thiol groups is 1. The highest BCUT2D eigenvalue weighted by Gasteiger charge is 2.09. The molecule has 2 aromatic rings. The van der Waals surface area contributed by atoms with E-state index in [9.17, 15) is 0 Å². The highest BCUT2D eigenvalue weighted by Crippen LogP contribution is 2.38. The minimum Gasteiger partial charge on any atom is -0.495 e. The second kappa shape index (κ2) is 3.12. The Kier molecular flexibility index (Phi) is 2.09. The number of nitrogens with two attached hydrogens (primary N) is 1. The van der Waals surface area contributed by atoms with Crippen LogP contribution in [0.5, 0.6) is 5.75 Å². The molecule has 0 aliphatic heterocycles. The highest BCUT2D eigenvalue weighted by molar-refractivity contribution is 7.80. The molecule has 4 heteroatoms. The summed E-state index contributed by atoms with van der Waals surface area (Å²) >= 11 is 5.99. The normalized spacial score (nSPS) is 10.6. The molecular formula is C9H9NOS2. The molecule has 0 spiro atoms. The highest BCUT2D eigenvalue weighted by atomic mass is 32.1. The second-order valence-corrected chi connectivity index (χ2v) is 4.04. The lowest BCUT2D eigenvalue weighted by Gasteiger charge is -2.02. The van der Waals surface area contributed by atoms with Gasteiger partial charge in [-0.25, -0.2) is 0 Å². The van der Waals surface area contributed by atoms with Crippen LogP contribution < -0.4 is 10.5 Å². The molecule has 2 nitrogen and oxygen atoms in total. The molecule has 2 N–H and O–H groups in total. The Hall–Kier alpha value is -0.870. The fourth-order valence-corrected chi connectivity index (χ4v) is 2.55. The lowest BCUT2D eigenvalue weighted by molar-refractivity contribution is 0.421. The fourth-order valence-electron chi connectivity index (χ4n) is 1.25. The van der Waals surface area contributed by atoms with Crippen LogP contribution in [0.25, 0.3) is 10.1 Å². The van der Waals surface area contributed by atoms with Gasteiger partial charge in [0, 0.05) is 26.0 Å². The van der Waals surface area contributed by atoms with Crippen LogP contribution in [-0.4, -0.2) is 7.11 Å². The Labute approximate surface area is 85.7 Å². The zero-order chi connectivity index (χ0) is 9.42. The van der Waals surface area contributed by atoms with Gasteiger partial charge in [-0.3, -0.25) is 0 Å². The molecule has 68 valence electrons. The summed E-state index contributed by atoms with van der Waals surface area (Å²) < 4.78 is 6.36. The molecule has 0 amide bonds. The molecule has 0 fully saturated rings. The summed E-state index contributed by atoms with van der Waals surface area (Å²) in [5.74, 6) is 0.845. The van der Waals surface area contributed by atoms with E-state index in [4.69, 9.17) is 10.5 Å². The van der Waals surface area contributed by atoms with Gasteiger partial charge < -0.3 is 10.5 Å². The van der Waals surface area contributed by atoms with Gasteiger partial charge in [0.15, 0.2) is 0 Å². The summed E-state index contributed by atoms with van der Waals surface area (Å²) in [5, 5.41) is 2.97. The molecule has 0 bridgehead atoms. The first kappa shape index (κ1) is 8.72. The molecule has 1 aromatic carbocycles. The van der Waals surface area contributed by atoms with Gasteiger partial charge >= 0.3 is 0 Å². The number of benzene rings is 1. The molecule has 0 unspecified atom stereocenters. The van der Waals surface area contributed by atoms with Crippen LogP contribution in [0, 0.1) is 0 Å². The van der Waals surface area contributed by atoms with Crippen LogP contribution in [0.15, 0.2) is 22.4 Å². The Balaban J connectivity index is 2.85. The van der Waals surface area contributed by atoms with Gasteiger partial charge in [-0.1, -0.05) is 0 Å². The van der Waals surface area contributed by atoms with E-state index in [1.807, 2.05) is 17.5 Å². The van der Waals surface area contributed by atoms with Crippen molar-refractivity contribution in [2.75, 3.05) is 12.8 Å². The zero-order valence-corrected chi connectivity index (χ0v) is 8.78. The number of methoxy groups -OCH3 is 1. The maximum atomic E-state index is 5.74. The van der Waals surface area contributed by atoms with E-state index in [1.54, 1.807) is 18.4 Å². The average Bonchev–Trinajstić information content (AvgIpc) is 2.55. The van der Waals surface area contributed by atoms with Gasteiger partial charge in [-0.05, 0) is 12.1 Å². The van der Waals surface area contributed by atoms with E-state index in [2.05, 4.69) is 12.6 Å². The summed E-state index contributed by atoms with van der Waals surface area (Å²) in [7, 11) is 1.65. The van der Waals surface area contributed by atoms with E-state index in [0.717, 1.165) is 20.7 Å². The van der Waals surface area contributed by atoms with E-state index in [-0.39, 0.29) is 0 Å². The Morgan fingerprint density at radius 3 is 2.92 bits per heavy atom. The van der Waals surface area contributed by atoms with Crippen molar-refractivity contribution in [3.05, 3.63) is 17.5 Å². The van der Waals surface area contributed by atoms with Gasteiger partial charge in [0.1, 0.15) is 5.75 Å². The van der Waals surface area contributed by atoms with Gasteiger partial charge in [-0.2, -0.15) is 0 Å². The van der Waals surface area contributed by atoms with Crippen molar-refractivity contribution < 1.29 is 4.74 Å². The Bertz CT molecular complexity index is 450. The summed E-state index contributed by atoms with van der Waals surface area (Å²) in [4.78, 5) is 0.801. The quantitative estimate of drug-likeness (QED) is 0.562. The van der Waals surface area contributed by atoms with Crippen molar-refractivity contribution in [3.63, 3.8) is 0 Å². The summed E-state index contributed by atoms with van der Waals surface area (Å²) in [6, 6.07) is 3.85. The third-order valence-corrected chi connectivity index (χ3v) is 3.34. The van der Waals surface area contributed by atoms with E-state index in [1.165, 1.54) is 0 Å². The predicted molar refractivity (Wildman–Crippen MR) is 60.0 cm³/mol. The second-order valence-electron chi connectivity index (χ2n) is 2.68. The van der Waals surface area contributed by atoms with Crippen molar-refractivity contribution in [2.24, 2.45) is 0 Å². The average molecular weight is 211 g/mol. The van der Waals surface area contributed by atoms with Gasteiger partial charge in [0.05, 0.1) is 7.11 Å². The number of anilines is 1. The number of rotatable bonds is 1. The molecule has 1 heterocycles. The lowest BCUT2D eigenvalue weighted by Crippen LogP contribution is -1.87. The van der Waals surface area contributed by atoms with Crippen molar-refractivity contribution >= 4 is 39.7 Å². The van der Waals surface area contributed by atoms with E-state index in [0.29, 0.717) is 5.69 Å². The molecule has 0 aliphatic carbocycles. The SMILES string of the molecule is COc1csc2ccc(N)c(S)c12. The molecule has 0 saturated heterocycles. The topological polar surface area (TPSA) is 35.2 Å². The van der Waals surface area contributed by atoms with Gasteiger partial charge in [0.25, 0.3) is 0 Å². The van der Waals surface area contributed by atoms with Crippen molar-refractivity contribution in [2.45, 2.75) is 4.90 Å². The number of nitrogen functional groups attached to an aromatic ring is 1. The standard InChI is InChI=1S/C9H9NOS2/c1-11-6-4-13-7-3-2-5(10)9(12)8(6)7/h2-4,12H,10H2,1H3. The molecule has 0 radical (unpaired) electrons. The lowest BCUT2D eigenvalue weighted by atomic mass is 10.2. The minimum absolute atomic E-state index is 0.688. The molecule has 0 aliphatic rings. The summed E-state index contributed by atoms with van der Waals surface area (Å²) in [6.45, 7) is 0. The van der Waals surface area contributed by atoms with E-state index >= 15 is 0 Å². The van der Waals surface area contributed by atoms with Crippen molar-refractivity contribution in [1.29, 1.82) is 0 Å². The Morgan fingerprint density at radius 1 is 1.46 bits per heavy atom. The maximum Gasteiger partial charge on any atom is 0.138 e. The van der Waals surface area contributed by atoms with Crippen LogP contribution in [-0.2, 0) is 0 Å². The largest absolute Gasteiger partial charge is 0.495 e. The van der Waals surface area contributed by atoms with Gasteiger partial charge in [0.2, 0.25) is 0 Å². The Morgan fingerprint density at radius 2 is 2.23 bits per heavy atom. The minimum atomic E-state index is 0.688. The van der Waals surface area contributed by atoms with Crippen LogP contribution in [0.4, 0.5) is 5.69 Å². The van der Waals surface area contributed by atoms with Crippen LogP contribution >= 0.6 is 24.0 Å². The third kappa shape index (κ3) is 1.26. The van der Waals surface area contributed by atoms with E-state index < -0.39 is 0 Å². The van der Waals surface area contributed by atoms with Crippen LogP contribution in [0.2, 0.25) is 0 Å². The molecule has 13 heavy (non-hydrogen) atoms. The predicted octanol–water partition coefficient (Wildman–Crippen LogP) is 2.78. The van der Waals surface area contributed by atoms with Gasteiger partial charge in [-0.15, -0.1) is 24.0 Å². The first-order valence-corrected chi connectivity index (χ1v) is 5.09. The maximum absolute atomic E-state index is 5.74. The fraction of sp³-hybridized carbons (Fsp3) is 0.111. The molecular weight excluding hydrogens is 202 g/mol. The molecule has 0 saturated carbocycles. The summed E-state index contributed by atoms with van der Waals surface area (Å²) in [5.41, 5.74) is 6.43. The molecule has 2 rings (SSSR count). The number of fused-ring (bicyclic) bond motifs is 1. The number of hydrogen-bond donors (Lipinski definition) is 2. The van der Waals surface area contributed by atoms with Crippen LogP contribution in [0.1, 0.15) is 0 Å². The zero-order valence-electron chi connectivity index (χ0n) is 7.07. The smallest absolute Gasteiger partial charge is 0.138 e.